The molecule has 1 amide bonds. The Morgan fingerprint density at radius 2 is 2.36 bits per heavy atom. The number of aromatic nitrogens is 2. The van der Waals surface area contributed by atoms with Crippen LogP contribution < -0.4 is 10.9 Å². The average molecular weight is 339 g/mol. The number of hydrogen-bond donors (Lipinski definition) is 2. The van der Waals surface area contributed by atoms with Crippen molar-refractivity contribution in [3.8, 4) is 0 Å². The summed E-state index contributed by atoms with van der Waals surface area (Å²) in [6.45, 7) is 2.40. The number of carbonyl (C=O) groups is 1. The van der Waals surface area contributed by atoms with Crippen LogP contribution in [0.2, 0.25) is 0 Å². The van der Waals surface area contributed by atoms with Crippen molar-refractivity contribution in [1.29, 1.82) is 0 Å². The lowest BCUT2D eigenvalue weighted by molar-refractivity contribution is -0.118. The summed E-state index contributed by atoms with van der Waals surface area (Å²) in [5.41, 5.74) is 0.536. The summed E-state index contributed by atoms with van der Waals surface area (Å²) < 4.78 is 5.13. The molecule has 2 rings (SSSR count). The van der Waals surface area contributed by atoms with Crippen molar-refractivity contribution in [2.75, 3.05) is 11.5 Å². The van der Waals surface area contributed by atoms with Crippen LogP contribution in [0, 0.1) is 0 Å². The molecule has 0 aliphatic rings. The Labute approximate surface area is 136 Å². The van der Waals surface area contributed by atoms with Gasteiger partial charge in [-0.1, -0.05) is 18.7 Å². The lowest BCUT2D eigenvalue weighted by Gasteiger charge is -2.04. The summed E-state index contributed by atoms with van der Waals surface area (Å²) >= 11 is 2.90. The highest BCUT2D eigenvalue weighted by atomic mass is 32.2. The first-order valence-corrected chi connectivity index (χ1v) is 8.91. The molecule has 2 heterocycles. The van der Waals surface area contributed by atoms with Crippen molar-refractivity contribution in [2.45, 2.75) is 24.4 Å². The first kappa shape index (κ1) is 16.7. The molecule has 0 radical (unpaired) electrons. The van der Waals surface area contributed by atoms with Crippen molar-refractivity contribution in [3.05, 3.63) is 46.3 Å². The van der Waals surface area contributed by atoms with Gasteiger partial charge >= 0.3 is 0 Å². The topological polar surface area (TPSA) is 88.0 Å². The van der Waals surface area contributed by atoms with E-state index in [-0.39, 0.29) is 17.2 Å². The molecule has 8 heteroatoms. The third-order valence-corrected chi connectivity index (χ3v) is 4.39. The minimum Gasteiger partial charge on any atom is -0.467 e. The number of carbonyl (C=O) groups excluding carboxylic acids is 1. The molecule has 0 bridgehead atoms. The first-order valence-electron chi connectivity index (χ1n) is 6.77. The SMILES string of the molecule is CCSCc1cc(=O)[nH]c(SCC(=O)NCc2ccco2)n1. The number of H-pyrrole nitrogens is 1. The summed E-state index contributed by atoms with van der Waals surface area (Å²) in [5, 5.41) is 3.21. The van der Waals surface area contributed by atoms with Crippen molar-refractivity contribution in [3.63, 3.8) is 0 Å². The number of aromatic amines is 1. The van der Waals surface area contributed by atoms with E-state index in [1.54, 1.807) is 30.2 Å². The van der Waals surface area contributed by atoms with Crippen LogP contribution >= 0.6 is 23.5 Å². The normalized spacial score (nSPS) is 10.6. The lowest BCUT2D eigenvalue weighted by atomic mass is 10.4. The second kappa shape index (κ2) is 8.70. The molecule has 0 atom stereocenters. The van der Waals surface area contributed by atoms with Crippen LogP contribution in [0.15, 0.2) is 38.8 Å². The molecule has 0 aliphatic carbocycles. The number of amides is 1. The standard InChI is InChI=1S/C14H17N3O3S2/c1-2-21-8-10-6-12(18)17-14(16-10)22-9-13(19)15-7-11-4-3-5-20-11/h3-6H,2,7-9H2,1H3,(H,15,19)(H,16,17,18). The van der Waals surface area contributed by atoms with Gasteiger partial charge in [-0.3, -0.25) is 9.59 Å². The molecule has 2 N–H and O–H groups in total. The number of nitrogens with zero attached hydrogens (tertiary/aromatic N) is 1. The van der Waals surface area contributed by atoms with Gasteiger partial charge in [0, 0.05) is 11.8 Å². The van der Waals surface area contributed by atoms with Gasteiger partial charge in [0.2, 0.25) is 5.91 Å². The molecule has 0 saturated carbocycles. The highest BCUT2D eigenvalue weighted by molar-refractivity contribution is 7.99. The van der Waals surface area contributed by atoms with Crippen molar-refractivity contribution < 1.29 is 9.21 Å². The van der Waals surface area contributed by atoms with E-state index in [0.717, 1.165) is 11.4 Å². The van der Waals surface area contributed by atoms with Gasteiger partial charge < -0.3 is 14.7 Å². The maximum atomic E-state index is 11.8. The van der Waals surface area contributed by atoms with E-state index in [9.17, 15) is 9.59 Å². The Balaban J connectivity index is 1.83. The van der Waals surface area contributed by atoms with E-state index in [1.807, 2.05) is 0 Å². The van der Waals surface area contributed by atoms with Crippen LogP contribution in [0.4, 0.5) is 0 Å². The fraction of sp³-hybridized carbons (Fsp3) is 0.357. The monoisotopic (exact) mass is 339 g/mol. The number of thioether (sulfide) groups is 2. The average Bonchev–Trinajstić information content (AvgIpc) is 3.02. The maximum absolute atomic E-state index is 11.8. The fourth-order valence-electron chi connectivity index (χ4n) is 1.62. The maximum Gasteiger partial charge on any atom is 0.251 e. The van der Waals surface area contributed by atoms with Crippen molar-refractivity contribution in [2.24, 2.45) is 0 Å². The Morgan fingerprint density at radius 3 is 3.09 bits per heavy atom. The number of rotatable bonds is 8. The van der Waals surface area contributed by atoms with E-state index in [2.05, 4.69) is 22.2 Å². The molecule has 2 aromatic heterocycles. The second-order valence-electron chi connectivity index (χ2n) is 4.32. The molecule has 6 nitrogen and oxygen atoms in total. The number of hydrogen-bond acceptors (Lipinski definition) is 6. The van der Waals surface area contributed by atoms with Gasteiger partial charge in [-0.05, 0) is 17.9 Å². The van der Waals surface area contributed by atoms with Crippen molar-refractivity contribution in [1.82, 2.24) is 15.3 Å². The second-order valence-corrected chi connectivity index (χ2v) is 6.56. The summed E-state index contributed by atoms with van der Waals surface area (Å²) in [6.07, 6.45) is 1.56. The zero-order valence-corrected chi connectivity index (χ0v) is 13.8. The van der Waals surface area contributed by atoms with Crippen molar-refractivity contribution >= 4 is 29.4 Å². The van der Waals surface area contributed by atoms with E-state index in [4.69, 9.17) is 4.42 Å². The molecule has 22 heavy (non-hydrogen) atoms. The van der Waals surface area contributed by atoms with E-state index < -0.39 is 0 Å². The molecule has 2 aromatic rings. The van der Waals surface area contributed by atoms with Crippen LogP contribution in [0.5, 0.6) is 0 Å². The molecule has 0 unspecified atom stereocenters. The summed E-state index contributed by atoms with van der Waals surface area (Å²) in [5.74, 6) is 2.40. The van der Waals surface area contributed by atoms with Gasteiger partial charge in [0.25, 0.3) is 5.56 Å². The smallest absolute Gasteiger partial charge is 0.251 e. The molecule has 0 saturated heterocycles. The Morgan fingerprint density at radius 1 is 1.50 bits per heavy atom. The summed E-state index contributed by atoms with van der Waals surface area (Å²) in [4.78, 5) is 30.3. The zero-order valence-electron chi connectivity index (χ0n) is 12.1. The zero-order chi connectivity index (χ0) is 15.8. The van der Waals surface area contributed by atoms with Crippen LogP contribution in [0.25, 0.3) is 0 Å². The van der Waals surface area contributed by atoms with Crippen LogP contribution in [-0.4, -0.2) is 27.4 Å². The van der Waals surface area contributed by atoms with Gasteiger partial charge in [-0.25, -0.2) is 4.98 Å². The van der Waals surface area contributed by atoms with Crippen LogP contribution in [0.3, 0.4) is 0 Å². The summed E-state index contributed by atoms with van der Waals surface area (Å²) in [6, 6.07) is 5.05. The fourth-order valence-corrected chi connectivity index (χ4v) is 2.90. The van der Waals surface area contributed by atoms with Gasteiger partial charge in [-0.2, -0.15) is 11.8 Å². The minimum absolute atomic E-state index is 0.141. The summed E-state index contributed by atoms with van der Waals surface area (Å²) in [7, 11) is 0. The predicted molar refractivity (Wildman–Crippen MR) is 88.0 cm³/mol. The Kier molecular flexibility index (Phi) is 6.60. The van der Waals surface area contributed by atoms with E-state index in [1.165, 1.54) is 17.8 Å². The highest BCUT2D eigenvalue weighted by Crippen LogP contribution is 2.14. The number of furan rings is 1. The molecule has 118 valence electrons. The van der Waals surface area contributed by atoms with Crippen LogP contribution in [0.1, 0.15) is 18.4 Å². The third kappa shape index (κ3) is 5.61. The molecule has 0 aromatic carbocycles. The minimum atomic E-state index is -0.194. The first-order chi connectivity index (χ1) is 10.7. The molecule has 0 spiro atoms. The number of nitrogens with one attached hydrogen (secondary N) is 2. The quantitative estimate of drug-likeness (QED) is 0.565. The van der Waals surface area contributed by atoms with Crippen LogP contribution in [-0.2, 0) is 17.1 Å². The molecular weight excluding hydrogens is 322 g/mol. The molecule has 0 aliphatic heterocycles. The highest BCUT2D eigenvalue weighted by Gasteiger charge is 2.07. The van der Waals surface area contributed by atoms with Gasteiger partial charge in [0.1, 0.15) is 5.76 Å². The Bertz CT molecular complexity index is 656. The predicted octanol–water partition coefficient (Wildman–Crippen LogP) is 2.02. The third-order valence-electron chi connectivity index (χ3n) is 2.61. The van der Waals surface area contributed by atoms with Gasteiger partial charge in [0.05, 0.1) is 24.3 Å². The van der Waals surface area contributed by atoms with Gasteiger partial charge in [-0.15, -0.1) is 0 Å². The van der Waals surface area contributed by atoms with Gasteiger partial charge in [0.15, 0.2) is 5.16 Å². The molecule has 0 fully saturated rings. The largest absolute Gasteiger partial charge is 0.467 e. The lowest BCUT2D eigenvalue weighted by Crippen LogP contribution is -2.24. The van der Waals surface area contributed by atoms with E-state index >= 15 is 0 Å². The molecular formula is C14H17N3O3S2. The Hall–Kier alpha value is -1.67. The van der Waals surface area contributed by atoms with E-state index in [0.29, 0.717) is 23.2 Å².